The van der Waals surface area contributed by atoms with Gasteiger partial charge in [0.25, 0.3) is 0 Å². The maximum atomic E-state index is 11.6. The Morgan fingerprint density at radius 3 is 2.95 bits per heavy atom. The van der Waals surface area contributed by atoms with Crippen molar-refractivity contribution in [1.29, 1.82) is 0 Å². The average Bonchev–Trinajstić information content (AvgIpc) is 2.78. The smallest absolute Gasteiger partial charge is 0.337 e. The molecule has 2 heterocycles. The topological polar surface area (TPSA) is 71.5 Å². The highest BCUT2D eigenvalue weighted by molar-refractivity contribution is 6.04. The molecule has 0 atom stereocenters. The van der Waals surface area contributed by atoms with Gasteiger partial charge in [-0.1, -0.05) is 12.1 Å². The highest BCUT2D eigenvalue weighted by Crippen LogP contribution is 2.32. The molecule has 0 bridgehead atoms. The third-order valence-corrected chi connectivity index (χ3v) is 4.28. The van der Waals surface area contributed by atoms with Crippen molar-refractivity contribution in [2.24, 2.45) is 5.73 Å². The molecular formula is C16H21N3O2. The van der Waals surface area contributed by atoms with Crippen LogP contribution in [0.15, 0.2) is 18.2 Å². The molecule has 5 heteroatoms. The van der Waals surface area contributed by atoms with Gasteiger partial charge < -0.3 is 20.3 Å². The zero-order valence-electron chi connectivity index (χ0n) is 12.3. The number of aromatic carboxylic acids is 1. The second-order valence-electron chi connectivity index (χ2n) is 5.71. The van der Waals surface area contributed by atoms with Crippen LogP contribution in [0, 0.1) is 0 Å². The largest absolute Gasteiger partial charge is 0.478 e. The van der Waals surface area contributed by atoms with Gasteiger partial charge in [-0.05, 0) is 31.6 Å². The standard InChI is InChI=1S/C16H21N3O2/c1-18-9-6-14-13(10-18)11-4-2-5-12(16(20)21)15(11)19(14)8-3-7-17/h2,4-5H,3,6-10,17H2,1H3,(H,20,21). The van der Waals surface area contributed by atoms with E-state index < -0.39 is 5.97 Å². The van der Waals surface area contributed by atoms with E-state index in [2.05, 4.69) is 16.5 Å². The minimum Gasteiger partial charge on any atom is -0.478 e. The highest BCUT2D eigenvalue weighted by Gasteiger charge is 2.24. The molecule has 0 unspecified atom stereocenters. The second-order valence-corrected chi connectivity index (χ2v) is 5.71. The number of hydrogen-bond acceptors (Lipinski definition) is 3. The number of benzene rings is 1. The Morgan fingerprint density at radius 2 is 2.24 bits per heavy atom. The van der Waals surface area contributed by atoms with Gasteiger partial charge >= 0.3 is 5.97 Å². The molecule has 0 spiro atoms. The van der Waals surface area contributed by atoms with Crippen molar-refractivity contribution in [2.75, 3.05) is 20.1 Å². The molecule has 0 radical (unpaired) electrons. The van der Waals surface area contributed by atoms with Crippen molar-refractivity contribution in [3.8, 4) is 0 Å². The SMILES string of the molecule is CN1CCc2c(c3cccc(C(=O)O)c3n2CCCN)C1. The van der Waals surface area contributed by atoms with Crippen LogP contribution in [0.2, 0.25) is 0 Å². The molecule has 0 aliphatic carbocycles. The number of carbonyl (C=O) groups is 1. The average molecular weight is 287 g/mol. The molecular weight excluding hydrogens is 266 g/mol. The van der Waals surface area contributed by atoms with Crippen LogP contribution in [0.5, 0.6) is 0 Å². The lowest BCUT2D eigenvalue weighted by molar-refractivity contribution is 0.0698. The van der Waals surface area contributed by atoms with Crippen LogP contribution in [-0.4, -0.2) is 40.7 Å². The first kappa shape index (κ1) is 14.1. The molecule has 1 aromatic heterocycles. The highest BCUT2D eigenvalue weighted by atomic mass is 16.4. The number of likely N-dealkylation sites (N-methyl/N-ethyl adjacent to an activating group) is 1. The van der Waals surface area contributed by atoms with Crippen molar-refractivity contribution in [2.45, 2.75) is 25.9 Å². The number of rotatable bonds is 4. The fourth-order valence-corrected chi connectivity index (χ4v) is 3.31. The van der Waals surface area contributed by atoms with E-state index in [0.29, 0.717) is 12.1 Å². The lowest BCUT2D eigenvalue weighted by Gasteiger charge is -2.24. The van der Waals surface area contributed by atoms with Crippen molar-refractivity contribution in [3.05, 3.63) is 35.0 Å². The molecule has 3 N–H and O–H groups in total. The summed E-state index contributed by atoms with van der Waals surface area (Å²) in [6, 6.07) is 5.57. The molecule has 3 rings (SSSR count). The fourth-order valence-electron chi connectivity index (χ4n) is 3.31. The Kier molecular flexibility index (Phi) is 3.69. The number of fused-ring (bicyclic) bond motifs is 3. The van der Waals surface area contributed by atoms with Gasteiger partial charge in [0.15, 0.2) is 0 Å². The van der Waals surface area contributed by atoms with E-state index in [1.54, 1.807) is 6.07 Å². The number of carboxylic acids is 1. The van der Waals surface area contributed by atoms with E-state index >= 15 is 0 Å². The maximum Gasteiger partial charge on any atom is 0.337 e. The second kappa shape index (κ2) is 5.50. The molecule has 1 aliphatic rings. The Balaban J connectivity index is 2.27. The van der Waals surface area contributed by atoms with Crippen LogP contribution in [0.4, 0.5) is 0 Å². The Bertz CT molecular complexity index is 690. The van der Waals surface area contributed by atoms with Gasteiger partial charge in [0, 0.05) is 37.1 Å². The van der Waals surface area contributed by atoms with Crippen LogP contribution in [-0.2, 0) is 19.5 Å². The molecule has 2 aromatic rings. The lowest BCUT2D eigenvalue weighted by Crippen LogP contribution is -2.27. The van der Waals surface area contributed by atoms with Gasteiger partial charge in [-0.15, -0.1) is 0 Å². The zero-order valence-corrected chi connectivity index (χ0v) is 12.3. The Morgan fingerprint density at radius 1 is 1.43 bits per heavy atom. The summed E-state index contributed by atoms with van der Waals surface area (Å²) >= 11 is 0. The van der Waals surface area contributed by atoms with Gasteiger partial charge in [0.2, 0.25) is 0 Å². The minimum atomic E-state index is -0.863. The van der Waals surface area contributed by atoms with Gasteiger partial charge in [-0.25, -0.2) is 4.79 Å². The molecule has 0 saturated heterocycles. The number of para-hydroxylation sites is 1. The predicted octanol–water partition coefficient (Wildman–Crippen LogP) is 1.68. The molecule has 0 fully saturated rings. The third-order valence-electron chi connectivity index (χ3n) is 4.28. The van der Waals surface area contributed by atoms with Gasteiger partial charge in [-0.3, -0.25) is 0 Å². The maximum absolute atomic E-state index is 11.6. The summed E-state index contributed by atoms with van der Waals surface area (Å²) < 4.78 is 2.19. The van der Waals surface area contributed by atoms with E-state index in [-0.39, 0.29) is 0 Å². The quantitative estimate of drug-likeness (QED) is 0.897. The number of aryl methyl sites for hydroxylation is 1. The molecule has 1 aliphatic heterocycles. The van der Waals surface area contributed by atoms with E-state index in [1.165, 1.54) is 11.3 Å². The van der Waals surface area contributed by atoms with Crippen LogP contribution in [0.25, 0.3) is 10.9 Å². The summed E-state index contributed by atoms with van der Waals surface area (Å²) in [5.74, 6) is -0.863. The van der Waals surface area contributed by atoms with Crippen LogP contribution in [0.1, 0.15) is 28.0 Å². The van der Waals surface area contributed by atoms with Crippen molar-refractivity contribution in [3.63, 3.8) is 0 Å². The fraction of sp³-hybridized carbons (Fsp3) is 0.438. The van der Waals surface area contributed by atoms with Crippen molar-refractivity contribution < 1.29 is 9.90 Å². The van der Waals surface area contributed by atoms with Gasteiger partial charge in [-0.2, -0.15) is 0 Å². The van der Waals surface area contributed by atoms with Crippen LogP contribution in [0.3, 0.4) is 0 Å². The van der Waals surface area contributed by atoms with Crippen LogP contribution >= 0.6 is 0 Å². The van der Waals surface area contributed by atoms with E-state index in [4.69, 9.17) is 5.73 Å². The van der Waals surface area contributed by atoms with Crippen LogP contribution < -0.4 is 5.73 Å². The first-order chi connectivity index (χ1) is 10.1. The summed E-state index contributed by atoms with van der Waals surface area (Å²) in [6.45, 7) is 3.29. The van der Waals surface area contributed by atoms with E-state index in [1.807, 2.05) is 12.1 Å². The molecule has 5 nitrogen and oxygen atoms in total. The normalized spacial score (nSPS) is 15.3. The van der Waals surface area contributed by atoms with E-state index in [9.17, 15) is 9.90 Å². The number of nitrogens with two attached hydrogens (primary N) is 1. The predicted molar refractivity (Wildman–Crippen MR) is 82.6 cm³/mol. The monoisotopic (exact) mass is 287 g/mol. The van der Waals surface area contributed by atoms with Gasteiger partial charge in [0.05, 0.1) is 11.1 Å². The summed E-state index contributed by atoms with van der Waals surface area (Å²) in [6.07, 6.45) is 1.82. The summed E-state index contributed by atoms with van der Waals surface area (Å²) in [4.78, 5) is 13.8. The number of carboxylic acid groups (broad SMARTS) is 1. The number of hydrogen-bond donors (Lipinski definition) is 2. The summed E-state index contributed by atoms with van der Waals surface area (Å²) in [5, 5.41) is 10.6. The lowest BCUT2D eigenvalue weighted by atomic mass is 10.0. The third kappa shape index (κ3) is 2.32. The molecule has 112 valence electrons. The Hall–Kier alpha value is -1.85. The molecule has 1 aromatic carbocycles. The minimum absolute atomic E-state index is 0.390. The number of nitrogens with zero attached hydrogens (tertiary/aromatic N) is 2. The van der Waals surface area contributed by atoms with Crippen molar-refractivity contribution >= 4 is 16.9 Å². The van der Waals surface area contributed by atoms with Crippen molar-refractivity contribution in [1.82, 2.24) is 9.47 Å². The first-order valence-corrected chi connectivity index (χ1v) is 7.38. The Labute approximate surface area is 124 Å². The summed E-state index contributed by atoms with van der Waals surface area (Å²) in [5.41, 5.74) is 9.46. The summed E-state index contributed by atoms with van der Waals surface area (Å²) in [7, 11) is 2.10. The number of aromatic nitrogens is 1. The molecule has 0 saturated carbocycles. The zero-order chi connectivity index (χ0) is 15.0. The van der Waals surface area contributed by atoms with E-state index in [0.717, 1.165) is 43.4 Å². The first-order valence-electron chi connectivity index (χ1n) is 7.38. The van der Waals surface area contributed by atoms with Gasteiger partial charge in [0.1, 0.15) is 0 Å². The molecule has 0 amide bonds. The molecule has 21 heavy (non-hydrogen) atoms.